The van der Waals surface area contributed by atoms with E-state index in [1.165, 1.54) is 6.07 Å². The van der Waals surface area contributed by atoms with E-state index in [9.17, 15) is 32.3 Å². The lowest BCUT2D eigenvalue weighted by Gasteiger charge is -2.32. The van der Waals surface area contributed by atoms with Gasteiger partial charge in [0.05, 0.1) is 29.7 Å². The van der Waals surface area contributed by atoms with Crippen LogP contribution in [0.5, 0.6) is 5.88 Å². The number of carboxylic acids is 2. The zero-order chi connectivity index (χ0) is 36.0. The number of imidazole rings is 1. The molecule has 2 fully saturated rings. The van der Waals surface area contributed by atoms with Crippen molar-refractivity contribution in [2.45, 2.75) is 44.6 Å². The highest BCUT2D eigenvalue weighted by Gasteiger charge is 2.38. The number of likely N-dealkylation sites (tertiary alicyclic amines) is 1. The van der Waals surface area contributed by atoms with Gasteiger partial charge in [0.1, 0.15) is 24.9 Å². The summed E-state index contributed by atoms with van der Waals surface area (Å²) in [5, 5.41) is 17.0. The number of carboxylic acid groups (broad SMARTS) is 2. The monoisotopic (exact) mass is 721 g/mol. The van der Waals surface area contributed by atoms with E-state index in [4.69, 9.17) is 36.0 Å². The summed E-state index contributed by atoms with van der Waals surface area (Å²) >= 11 is 5.88. The Morgan fingerprint density at radius 3 is 2.42 bits per heavy atom. The molecule has 0 unspecified atom stereocenters. The highest BCUT2D eigenvalue weighted by molar-refractivity contribution is 6.30. The molecule has 0 atom stereocenters. The van der Waals surface area contributed by atoms with Crippen LogP contribution in [0.15, 0.2) is 54.7 Å². The van der Waals surface area contributed by atoms with Crippen LogP contribution in [0, 0.1) is 5.82 Å². The van der Waals surface area contributed by atoms with Crippen LogP contribution < -0.4 is 4.74 Å². The molecular weight excluding hydrogens is 690 g/mol. The number of fused-ring (bicyclic) bond motifs is 1. The van der Waals surface area contributed by atoms with Crippen molar-refractivity contribution in [3.63, 3.8) is 0 Å². The lowest BCUT2D eigenvalue weighted by molar-refractivity contribution is -0.192. The SMILES string of the molecule is O=C(O)C(F)(F)F.O=C(O)c1ccc2nc(CN3CCC(c4cccnc4OCc4ccc(Cl)cc4F)CC3)n(CCN3CCOC3=O)c2c1. The third kappa shape index (κ3) is 8.98. The smallest absolute Gasteiger partial charge is 0.478 e. The molecule has 50 heavy (non-hydrogen) atoms. The molecule has 2 aromatic heterocycles. The number of carbonyl (C=O) groups excluding carboxylic acids is 1. The van der Waals surface area contributed by atoms with Crippen molar-refractivity contribution in [2.24, 2.45) is 0 Å². The summed E-state index contributed by atoms with van der Waals surface area (Å²) in [6, 6.07) is 13.4. The Morgan fingerprint density at radius 1 is 1.04 bits per heavy atom. The third-order valence-corrected chi connectivity index (χ3v) is 8.56. The van der Waals surface area contributed by atoms with Crippen LogP contribution in [-0.4, -0.2) is 91.5 Å². The van der Waals surface area contributed by atoms with Crippen LogP contribution >= 0.6 is 11.6 Å². The lowest BCUT2D eigenvalue weighted by atomic mass is 9.90. The van der Waals surface area contributed by atoms with Crippen LogP contribution in [0.1, 0.15) is 46.1 Å². The van der Waals surface area contributed by atoms with E-state index >= 15 is 0 Å². The number of hydrogen-bond donors (Lipinski definition) is 2. The van der Waals surface area contributed by atoms with Crippen molar-refractivity contribution in [3.8, 4) is 5.88 Å². The Balaban J connectivity index is 0.000000630. The lowest BCUT2D eigenvalue weighted by Crippen LogP contribution is -2.34. The maximum Gasteiger partial charge on any atom is 0.490 e. The van der Waals surface area contributed by atoms with Gasteiger partial charge in [-0.05, 0) is 68.2 Å². The average Bonchev–Trinajstić information content (AvgIpc) is 3.65. The summed E-state index contributed by atoms with van der Waals surface area (Å²) in [7, 11) is 0. The first-order valence-electron chi connectivity index (χ1n) is 15.5. The van der Waals surface area contributed by atoms with E-state index in [-0.39, 0.29) is 24.2 Å². The Labute approximate surface area is 287 Å². The van der Waals surface area contributed by atoms with Crippen LogP contribution in [-0.2, 0) is 29.2 Å². The fourth-order valence-corrected chi connectivity index (χ4v) is 5.91. The van der Waals surface area contributed by atoms with Gasteiger partial charge in [-0.2, -0.15) is 13.2 Å². The first kappa shape index (κ1) is 36.3. The van der Waals surface area contributed by atoms with Gasteiger partial charge in [0.2, 0.25) is 5.88 Å². The van der Waals surface area contributed by atoms with Gasteiger partial charge in [-0.15, -0.1) is 0 Å². The van der Waals surface area contributed by atoms with Crippen LogP contribution in [0.2, 0.25) is 5.02 Å². The number of benzene rings is 2. The highest BCUT2D eigenvalue weighted by atomic mass is 35.5. The molecule has 0 spiro atoms. The summed E-state index contributed by atoms with van der Waals surface area (Å²) in [6.07, 6.45) is -1.99. The summed E-state index contributed by atoms with van der Waals surface area (Å²) in [5.74, 6) is -2.62. The van der Waals surface area contributed by atoms with Crippen molar-refractivity contribution in [3.05, 3.63) is 88.1 Å². The maximum absolute atomic E-state index is 14.3. The normalized spacial score (nSPS) is 15.5. The van der Waals surface area contributed by atoms with Gasteiger partial charge in [-0.25, -0.2) is 28.7 Å². The zero-order valence-corrected chi connectivity index (χ0v) is 27.2. The molecular formula is C33H32ClF4N5O7. The number of nitrogens with zero attached hydrogens (tertiary/aromatic N) is 5. The topological polar surface area (TPSA) is 147 Å². The van der Waals surface area contributed by atoms with E-state index in [1.807, 2.05) is 16.7 Å². The molecule has 2 N–H and O–H groups in total. The molecule has 2 aliphatic heterocycles. The Kier molecular flexibility index (Phi) is 11.4. The van der Waals surface area contributed by atoms with Crippen molar-refractivity contribution < 1.29 is 51.6 Å². The predicted octanol–water partition coefficient (Wildman–Crippen LogP) is 5.97. The average molecular weight is 722 g/mol. The highest BCUT2D eigenvalue weighted by Crippen LogP contribution is 2.34. The molecule has 0 bridgehead atoms. The number of aromatic carboxylic acids is 1. The molecule has 0 saturated carbocycles. The van der Waals surface area contributed by atoms with E-state index in [0.717, 1.165) is 42.8 Å². The number of aliphatic carboxylic acids is 1. The summed E-state index contributed by atoms with van der Waals surface area (Å²) in [4.78, 5) is 45.8. The molecule has 1 amide bonds. The minimum atomic E-state index is -5.08. The number of piperidine rings is 1. The predicted molar refractivity (Wildman–Crippen MR) is 171 cm³/mol. The first-order chi connectivity index (χ1) is 23.8. The second kappa shape index (κ2) is 15.7. The number of rotatable bonds is 10. The maximum atomic E-state index is 14.3. The van der Waals surface area contributed by atoms with Crippen molar-refractivity contribution in [1.82, 2.24) is 24.3 Å². The Bertz CT molecular complexity index is 1860. The second-order valence-corrected chi connectivity index (χ2v) is 12.0. The number of aromatic nitrogens is 3. The van der Waals surface area contributed by atoms with Crippen molar-refractivity contribution in [1.29, 1.82) is 0 Å². The number of amides is 1. The molecule has 2 aromatic carbocycles. The number of halogens is 5. The molecule has 4 heterocycles. The van der Waals surface area contributed by atoms with Gasteiger partial charge in [-0.1, -0.05) is 23.7 Å². The molecule has 2 aliphatic rings. The van der Waals surface area contributed by atoms with Gasteiger partial charge in [0.25, 0.3) is 0 Å². The van der Waals surface area contributed by atoms with Crippen molar-refractivity contribution in [2.75, 3.05) is 32.8 Å². The molecule has 12 nitrogen and oxygen atoms in total. The quantitative estimate of drug-likeness (QED) is 0.188. The molecule has 17 heteroatoms. The largest absolute Gasteiger partial charge is 0.490 e. The summed E-state index contributed by atoms with van der Waals surface area (Å²) < 4.78 is 59.1. The standard InChI is InChI=1S/C31H31ClFN5O5.C2HF3O2/c32-23-5-3-22(25(33)17-23)19-43-29-24(2-1-9-34-29)20-7-10-36(11-8-20)18-28-35-26-6-4-21(30(39)40)16-27(26)38(28)13-12-37-14-15-42-31(37)41;3-2(4,5)1(6)7/h1-6,9,16-17,20H,7-8,10-15,18-19H2,(H,39,40);(H,6,7). The van der Waals surface area contributed by atoms with Gasteiger partial charge < -0.3 is 29.2 Å². The van der Waals surface area contributed by atoms with Crippen molar-refractivity contribution >= 4 is 40.7 Å². The minimum Gasteiger partial charge on any atom is -0.478 e. The van der Waals surface area contributed by atoms with Gasteiger partial charge in [0, 0.05) is 35.4 Å². The molecule has 6 rings (SSSR count). The fraction of sp³-hybridized carbons (Fsp3) is 0.364. The Hall–Kier alpha value is -4.96. The third-order valence-electron chi connectivity index (χ3n) is 8.33. The molecule has 2 saturated heterocycles. The van der Waals surface area contributed by atoms with E-state index < -0.39 is 23.9 Å². The zero-order valence-electron chi connectivity index (χ0n) is 26.4. The number of pyridine rings is 1. The summed E-state index contributed by atoms with van der Waals surface area (Å²) in [5.41, 5.74) is 3.05. The molecule has 0 radical (unpaired) electrons. The summed E-state index contributed by atoms with van der Waals surface area (Å²) in [6.45, 7) is 4.09. The number of cyclic esters (lactones) is 1. The van der Waals surface area contributed by atoms with E-state index in [1.54, 1.807) is 41.4 Å². The fourth-order valence-electron chi connectivity index (χ4n) is 5.75. The van der Waals surface area contributed by atoms with Gasteiger partial charge in [-0.3, -0.25) is 4.90 Å². The van der Waals surface area contributed by atoms with Crippen LogP contribution in [0.4, 0.5) is 22.4 Å². The Morgan fingerprint density at radius 2 is 1.78 bits per heavy atom. The van der Waals surface area contributed by atoms with Crippen LogP contribution in [0.25, 0.3) is 11.0 Å². The molecule has 0 aliphatic carbocycles. The van der Waals surface area contributed by atoms with Crippen LogP contribution in [0.3, 0.4) is 0 Å². The van der Waals surface area contributed by atoms with Gasteiger partial charge in [0.15, 0.2) is 0 Å². The molecule has 4 aromatic rings. The number of carbonyl (C=O) groups is 3. The number of ether oxygens (including phenoxy) is 2. The molecule has 266 valence electrons. The minimum absolute atomic E-state index is 0.0564. The van der Waals surface area contributed by atoms with Gasteiger partial charge >= 0.3 is 24.2 Å². The van der Waals surface area contributed by atoms with E-state index in [2.05, 4.69) is 9.88 Å². The number of hydrogen-bond acceptors (Lipinski definition) is 8. The first-order valence-corrected chi connectivity index (χ1v) is 15.9. The van der Waals surface area contributed by atoms with E-state index in [0.29, 0.717) is 54.8 Å². The second-order valence-electron chi connectivity index (χ2n) is 11.6. The number of alkyl halides is 3.